The highest BCUT2D eigenvalue weighted by Crippen LogP contribution is 2.49. The summed E-state index contributed by atoms with van der Waals surface area (Å²) in [5.41, 5.74) is 4.66. The van der Waals surface area contributed by atoms with Crippen molar-refractivity contribution in [3.8, 4) is 0 Å². The number of thiocarbonyl (C=S) groups is 2. The van der Waals surface area contributed by atoms with Crippen LogP contribution in [0.2, 0.25) is 0 Å². The van der Waals surface area contributed by atoms with Crippen molar-refractivity contribution in [3.63, 3.8) is 0 Å². The quantitative estimate of drug-likeness (QED) is 0.0809. The molecule has 4 fully saturated rings. The molecule has 4 aliphatic heterocycles. The number of hydrogen-bond acceptors (Lipinski definition) is 12. The van der Waals surface area contributed by atoms with E-state index in [0.717, 1.165) is 44.9 Å². The second-order valence-corrected chi connectivity index (χ2v) is 27.4. The smallest absolute Gasteiger partial charge is 0.246 e. The molecular weight excluding hydrogens is 1080 g/mol. The standard InChI is InChI=1S/C60H80N10O6S4/c1-33(61-7)55(77)65-43-25-27-79-45-29-59(3,4)49(69(45)57(43)75)53(73)67-47-39-15-11-9-13-37(39)21-23-41(47)51(71)63-31-35-17-19-36(20-18-35)32-64-52(72)42-24-22-38-14-10-12-16-40(38)48(42)68-54(74)50-60(5,6)30-46-70(50)58(76)44(26-28-80-46)66-56(78)34(2)62-8/h9-20,33-34,41-50,61-62H,21-32H2,1-8H3,(H,63,71)(H,64,72)(H,65,77)(H,66,78)(H,67,73)(H,68,74)/t33?,34?,41-,42-,43+,44+,45+,46+,47+,48+,49-,50-/m1/s1. The molecule has 2 aliphatic carbocycles. The monoisotopic (exact) mass is 1160 g/mol. The summed E-state index contributed by atoms with van der Waals surface area (Å²) in [5, 5.41) is 25.6. The fourth-order valence-electron chi connectivity index (χ4n) is 12.9. The summed E-state index contributed by atoms with van der Waals surface area (Å²) < 4.78 is 0. The summed E-state index contributed by atoms with van der Waals surface area (Å²) in [6.45, 7) is 12.6. The Hall–Kier alpha value is -5.12. The summed E-state index contributed by atoms with van der Waals surface area (Å²) >= 11 is 14.7. The van der Waals surface area contributed by atoms with Gasteiger partial charge in [0.25, 0.3) is 0 Å². The van der Waals surface area contributed by atoms with Gasteiger partial charge in [0.05, 0.1) is 56.7 Å². The van der Waals surface area contributed by atoms with Crippen molar-refractivity contribution in [2.75, 3.05) is 25.6 Å². The highest BCUT2D eigenvalue weighted by atomic mass is 32.2. The first-order valence-electron chi connectivity index (χ1n) is 28.4. The zero-order chi connectivity index (χ0) is 57.2. The lowest BCUT2D eigenvalue weighted by atomic mass is 9.78. The van der Waals surface area contributed by atoms with Crippen LogP contribution in [0.4, 0.5) is 0 Å². The Morgan fingerprint density at radius 3 is 1.31 bits per heavy atom. The SMILES string of the molecule is CNC(C)C(=S)N[C@H]1CCS[C@H]2CC(C)(C)[C@@H](C(=O)N[C@H]3c4ccccc4CC[C@H]3C(=O)NCc3ccc(CNC(=O)[C@@H]4CCc5ccccc5[C@@H]4NC(=O)[C@H]4N5C(=O)[C@@H](NC(=S)C(C)NC)CCS[C@H]5CC4(C)C)cc3)N2C1=O. The van der Waals surface area contributed by atoms with Crippen molar-refractivity contribution >= 4 is 93.4 Å². The van der Waals surface area contributed by atoms with Gasteiger partial charge in [-0.1, -0.05) is 125 Å². The van der Waals surface area contributed by atoms with E-state index in [-0.39, 0.29) is 71.4 Å². The summed E-state index contributed by atoms with van der Waals surface area (Å²) in [6, 6.07) is 19.6. The molecule has 9 rings (SSSR count). The molecule has 0 saturated carbocycles. The highest BCUT2D eigenvalue weighted by molar-refractivity contribution is 8.00. The molecule has 3 aromatic carbocycles. The molecule has 0 aromatic heterocycles. The molecular formula is C60H80N10O6S4. The molecule has 12 atom stereocenters. The summed E-state index contributed by atoms with van der Waals surface area (Å²) in [5.74, 6) is -0.770. The number of thioether (sulfide) groups is 2. The van der Waals surface area contributed by atoms with Crippen LogP contribution in [0.15, 0.2) is 72.8 Å². The topological polar surface area (TPSA) is 205 Å². The summed E-state index contributed by atoms with van der Waals surface area (Å²) in [7, 11) is 3.65. The Balaban J connectivity index is 0.838. The number of hydrogen-bond donors (Lipinski definition) is 8. The van der Waals surface area contributed by atoms with Gasteiger partial charge in [-0.05, 0) is 135 Å². The van der Waals surface area contributed by atoms with Gasteiger partial charge in [-0.3, -0.25) is 28.8 Å². The molecule has 16 nitrogen and oxygen atoms in total. The predicted octanol–water partition coefficient (Wildman–Crippen LogP) is 5.73. The number of fused-ring (bicyclic) bond motifs is 4. The molecule has 0 spiro atoms. The number of aryl methyl sites for hydroxylation is 2. The number of benzene rings is 3. The van der Waals surface area contributed by atoms with Crippen molar-refractivity contribution in [2.45, 2.75) is 165 Å². The summed E-state index contributed by atoms with van der Waals surface area (Å²) in [4.78, 5) is 91.9. The molecule has 4 heterocycles. The number of carbonyl (C=O) groups is 6. The van der Waals surface area contributed by atoms with E-state index in [1.54, 1.807) is 33.3 Å². The van der Waals surface area contributed by atoms with Crippen LogP contribution in [-0.2, 0) is 54.7 Å². The van der Waals surface area contributed by atoms with Crippen LogP contribution < -0.4 is 42.5 Å². The van der Waals surface area contributed by atoms with Crippen LogP contribution in [-0.4, -0.2) is 128 Å². The van der Waals surface area contributed by atoms with Gasteiger partial charge in [-0.25, -0.2) is 0 Å². The van der Waals surface area contributed by atoms with E-state index in [2.05, 4.69) is 54.7 Å². The first-order valence-corrected chi connectivity index (χ1v) is 31.3. The third-order valence-corrected chi connectivity index (χ3v) is 21.1. The van der Waals surface area contributed by atoms with Gasteiger partial charge >= 0.3 is 0 Å². The Kier molecular flexibility index (Phi) is 18.7. The predicted molar refractivity (Wildman–Crippen MR) is 324 cm³/mol. The van der Waals surface area contributed by atoms with Crippen LogP contribution in [0.1, 0.15) is 126 Å². The van der Waals surface area contributed by atoms with E-state index in [1.807, 2.05) is 116 Å². The second kappa shape index (κ2) is 25.2. The third kappa shape index (κ3) is 12.6. The third-order valence-electron chi connectivity index (χ3n) is 17.6. The lowest BCUT2D eigenvalue weighted by Crippen LogP contribution is -2.58. The molecule has 3 aromatic rings. The van der Waals surface area contributed by atoms with Crippen LogP contribution in [0.25, 0.3) is 0 Å². The Morgan fingerprint density at radius 2 is 0.938 bits per heavy atom. The van der Waals surface area contributed by atoms with Crippen molar-refractivity contribution in [1.82, 2.24) is 52.3 Å². The van der Waals surface area contributed by atoms with E-state index in [4.69, 9.17) is 24.4 Å². The number of rotatable bonds is 16. The van der Waals surface area contributed by atoms with Gasteiger partial charge in [-0.2, -0.15) is 0 Å². The number of nitrogens with zero attached hydrogens (tertiary/aromatic N) is 2. The zero-order valence-corrected chi connectivity index (χ0v) is 50.6. The van der Waals surface area contributed by atoms with E-state index in [9.17, 15) is 28.8 Å². The minimum absolute atomic E-state index is 0.118. The molecule has 0 bridgehead atoms. The van der Waals surface area contributed by atoms with Crippen LogP contribution in [0.3, 0.4) is 0 Å². The van der Waals surface area contributed by atoms with Gasteiger partial charge < -0.3 is 52.3 Å². The maximum Gasteiger partial charge on any atom is 0.246 e. The first-order chi connectivity index (χ1) is 38.2. The van der Waals surface area contributed by atoms with E-state index in [1.165, 1.54) is 0 Å². The van der Waals surface area contributed by atoms with E-state index < -0.39 is 58.9 Å². The maximum absolute atomic E-state index is 14.8. The van der Waals surface area contributed by atoms with Crippen LogP contribution >= 0.6 is 48.0 Å². The molecule has 8 N–H and O–H groups in total. The molecule has 6 amide bonds. The van der Waals surface area contributed by atoms with Crippen molar-refractivity contribution in [3.05, 3.63) is 106 Å². The van der Waals surface area contributed by atoms with Gasteiger partial charge in [0.15, 0.2) is 0 Å². The second-order valence-electron chi connectivity index (χ2n) is 24.0. The Morgan fingerprint density at radius 1 is 0.562 bits per heavy atom. The number of likely N-dealkylation sites (N-methyl/N-ethyl adjacent to an activating group) is 2. The molecule has 80 heavy (non-hydrogen) atoms. The fourth-order valence-corrected chi connectivity index (χ4v) is 16.6. The fraction of sp³-hybridized carbons (Fsp3) is 0.567. The van der Waals surface area contributed by atoms with Crippen molar-refractivity contribution in [2.24, 2.45) is 22.7 Å². The maximum atomic E-state index is 14.8. The number of nitrogens with one attached hydrogen (secondary N) is 8. The molecule has 20 heteroatoms. The summed E-state index contributed by atoms with van der Waals surface area (Å²) in [6.07, 6.45) is 4.94. The van der Waals surface area contributed by atoms with Crippen molar-refractivity contribution in [1.29, 1.82) is 0 Å². The molecule has 0 radical (unpaired) electrons. The molecule has 4 saturated heterocycles. The first kappa shape index (κ1) is 59.5. The average molecular weight is 1170 g/mol. The highest BCUT2D eigenvalue weighted by Gasteiger charge is 2.57. The minimum Gasteiger partial charge on any atom is -0.367 e. The van der Waals surface area contributed by atoms with Gasteiger partial charge in [-0.15, -0.1) is 23.5 Å². The largest absolute Gasteiger partial charge is 0.367 e. The number of amides is 6. The van der Waals surface area contributed by atoms with Crippen molar-refractivity contribution < 1.29 is 28.8 Å². The molecule has 2 unspecified atom stereocenters. The van der Waals surface area contributed by atoms with Crippen LogP contribution in [0.5, 0.6) is 0 Å². The zero-order valence-electron chi connectivity index (χ0n) is 47.3. The van der Waals surface area contributed by atoms with Crippen LogP contribution in [0, 0.1) is 22.7 Å². The average Bonchev–Trinajstić information content (AvgIpc) is 3.85. The number of carbonyl (C=O) groups excluding carboxylic acids is 6. The molecule has 430 valence electrons. The Bertz CT molecular complexity index is 2660. The normalized spacial score (nSPS) is 28.2. The molecule has 6 aliphatic rings. The lowest BCUT2D eigenvalue weighted by Gasteiger charge is -2.38. The van der Waals surface area contributed by atoms with Gasteiger partial charge in [0, 0.05) is 13.1 Å². The van der Waals surface area contributed by atoms with Gasteiger partial charge in [0.2, 0.25) is 35.4 Å². The van der Waals surface area contributed by atoms with E-state index >= 15 is 0 Å². The minimum atomic E-state index is -0.753. The Labute approximate surface area is 491 Å². The van der Waals surface area contributed by atoms with Gasteiger partial charge in [0.1, 0.15) is 24.2 Å². The van der Waals surface area contributed by atoms with E-state index in [0.29, 0.717) is 61.3 Å². The lowest BCUT2D eigenvalue weighted by molar-refractivity contribution is -0.143.